The number of piperazine rings is 1. The Morgan fingerprint density at radius 2 is 1.81 bits per heavy atom. The normalized spacial score (nSPS) is 17.5. The third-order valence-electron chi connectivity index (χ3n) is 5.38. The number of hydrogen-bond donors (Lipinski definition) is 0. The average molecular weight is 388 g/mol. The Balaban J connectivity index is 1.45. The fraction of sp³-hybridized carbons (Fsp3) is 0.579. The quantitative estimate of drug-likeness (QED) is 0.752. The molecule has 1 saturated heterocycles. The SMILES string of the molecule is CC(=O)N1CCN(C(=O)COc2ncnc3sc4c(c23)CCCCC4)CC1. The molecule has 8 heteroatoms. The van der Waals surface area contributed by atoms with Crippen LogP contribution in [0.5, 0.6) is 5.88 Å². The molecule has 0 radical (unpaired) electrons. The Morgan fingerprint density at radius 3 is 2.59 bits per heavy atom. The summed E-state index contributed by atoms with van der Waals surface area (Å²) in [6.45, 7) is 3.79. The van der Waals surface area contributed by atoms with E-state index in [9.17, 15) is 9.59 Å². The minimum atomic E-state index is -0.0636. The molecule has 0 bridgehead atoms. The molecule has 27 heavy (non-hydrogen) atoms. The van der Waals surface area contributed by atoms with Crippen molar-refractivity contribution in [3.05, 3.63) is 16.8 Å². The van der Waals surface area contributed by atoms with E-state index in [-0.39, 0.29) is 18.4 Å². The van der Waals surface area contributed by atoms with Gasteiger partial charge < -0.3 is 14.5 Å². The lowest BCUT2D eigenvalue weighted by Gasteiger charge is -2.34. The first kappa shape index (κ1) is 18.2. The lowest BCUT2D eigenvalue weighted by Crippen LogP contribution is -2.51. The van der Waals surface area contributed by atoms with Gasteiger partial charge in [-0.25, -0.2) is 9.97 Å². The number of aryl methyl sites for hydroxylation is 2. The van der Waals surface area contributed by atoms with Crippen molar-refractivity contribution in [2.45, 2.75) is 39.0 Å². The van der Waals surface area contributed by atoms with Crippen molar-refractivity contribution in [2.75, 3.05) is 32.8 Å². The van der Waals surface area contributed by atoms with E-state index in [0.29, 0.717) is 32.1 Å². The second-order valence-electron chi connectivity index (χ2n) is 7.10. The summed E-state index contributed by atoms with van der Waals surface area (Å²) in [6, 6.07) is 0. The summed E-state index contributed by atoms with van der Waals surface area (Å²) in [7, 11) is 0. The van der Waals surface area contributed by atoms with Crippen LogP contribution >= 0.6 is 11.3 Å². The molecule has 2 aliphatic rings. The van der Waals surface area contributed by atoms with E-state index in [2.05, 4.69) is 9.97 Å². The van der Waals surface area contributed by atoms with Crippen molar-refractivity contribution in [1.82, 2.24) is 19.8 Å². The van der Waals surface area contributed by atoms with Crippen LogP contribution in [0.1, 0.15) is 36.6 Å². The highest BCUT2D eigenvalue weighted by Crippen LogP contribution is 2.38. The molecule has 0 atom stereocenters. The maximum Gasteiger partial charge on any atom is 0.260 e. The van der Waals surface area contributed by atoms with Crippen molar-refractivity contribution in [3.63, 3.8) is 0 Å². The van der Waals surface area contributed by atoms with Gasteiger partial charge in [0.05, 0.1) is 5.39 Å². The molecule has 0 N–H and O–H groups in total. The van der Waals surface area contributed by atoms with Crippen LogP contribution in [-0.2, 0) is 22.4 Å². The Kier molecular flexibility index (Phi) is 5.24. The van der Waals surface area contributed by atoms with E-state index in [1.54, 1.807) is 28.1 Å². The van der Waals surface area contributed by atoms with Crippen molar-refractivity contribution >= 4 is 33.4 Å². The van der Waals surface area contributed by atoms with Crippen molar-refractivity contribution in [2.24, 2.45) is 0 Å². The predicted molar refractivity (Wildman–Crippen MR) is 103 cm³/mol. The predicted octanol–water partition coefficient (Wildman–Crippen LogP) is 2.03. The minimum Gasteiger partial charge on any atom is -0.467 e. The molecule has 0 aromatic carbocycles. The van der Waals surface area contributed by atoms with Gasteiger partial charge in [-0.1, -0.05) is 6.42 Å². The number of fused-ring (bicyclic) bond motifs is 3. The molecular weight excluding hydrogens is 364 g/mol. The highest BCUT2D eigenvalue weighted by Gasteiger charge is 2.24. The van der Waals surface area contributed by atoms with Gasteiger partial charge in [0.2, 0.25) is 11.8 Å². The number of rotatable bonds is 3. The summed E-state index contributed by atoms with van der Waals surface area (Å²) in [5, 5.41) is 0.994. The zero-order valence-electron chi connectivity index (χ0n) is 15.6. The number of amides is 2. The van der Waals surface area contributed by atoms with E-state index in [4.69, 9.17) is 4.74 Å². The van der Waals surface area contributed by atoms with E-state index in [1.165, 1.54) is 36.0 Å². The lowest BCUT2D eigenvalue weighted by atomic mass is 10.1. The van der Waals surface area contributed by atoms with Crippen molar-refractivity contribution < 1.29 is 14.3 Å². The second-order valence-corrected chi connectivity index (χ2v) is 8.18. The van der Waals surface area contributed by atoms with Gasteiger partial charge in [-0.2, -0.15) is 0 Å². The molecule has 3 heterocycles. The third kappa shape index (κ3) is 3.76. The number of carbonyl (C=O) groups is 2. The zero-order chi connectivity index (χ0) is 18.8. The second kappa shape index (κ2) is 7.80. The number of aromatic nitrogens is 2. The number of hydrogen-bond acceptors (Lipinski definition) is 6. The third-order valence-corrected chi connectivity index (χ3v) is 6.58. The van der Waals surface area contributed by atoms with E-state index in [1.807, 2.05) is 0 Å². The van der Waals surface area contributed by atoms with Gasteiger partial charge in [0.1, 0.15) is 11.2 Å². The van der Waals surface area contributed by atoms with Gasteiger partial charge in [-0.15, -0.1) is 11.3 Å². The molecule has 2 amide bonds. The van der Waals surface area contributed by atoms with Gasteiger partial charge >= 0.3 is 0 Å². The largest absolute Gasteiger partial charge is 0.467 e. The van der Waals surface area contributed by atoms with Crippen LogP contribution in [0.2, 0.25) is 0 Å². The first-order valence-electron chi connectivity index (χ1n) is 9.55. The number of nitrogens with zero attached hydrogens (tertiary/aromatic N) is 4. The Morgan fingerprint density at radius 1 is 1.07 bits per heavy atom. The molecule has 144 valence electrons. The van der Waals surface area contributed by atoms with E-state index < -0.39 is 0 Å². The van der Waals surface area contributed by atoms with Gasteiger partial charge in [0, 0.05) is 38.0 Å². The molecule has 1 aliphatic heterocycles. The molecule has 0 saturated carbocycles. The number of carbonyl (C=O) groups excluding carboxylic acids is 2. The van der Waals surface area contributed by atoms with Crippen LogP contribution in [-0.4, -0.2) is 64.4 Å². The Labute approximate surface area is 162 Å². The number of ether oxygens (including phenoxy) is 1. The summed E-state index contributed by atoms with van der Waals surface area (Å²) in [5.74, 6) is 0.515. The van der Waals surface area contributed by atoms with Crippen LogP contribution in [0.25, 0.3) is 10.2 Å². The van der Waals surface area contributed by atoms with Gasteiger partial charge in [-0.05, 0) is 31.2 Å². The fourth-order valence-corrected chi connectivity index (χ4v) is 5.06. The molecular formula is C19H24N4O3S. The Hall–Kier alpha value is -2.22. The van der Waals surface area contributed by atoms with Gasteiger partial charge in [-0.3, -0.25) is 9.59 Å². The summed E-state index contributed by atoms with van der Waals surface area (Å²) in [6.07, 6.45) is 7.27. The highest BCUT2D eigenvalue weighted by atomic mass is 32.1. The summed E-state index contributed by atoms with van der Waals surface area (Å²) < 4.78 is 5.86. The summed E-state index contributed by atoms with van der Waals surface area (Å²) in [4.78, 5) is 38.5. The van der Waals surface area contributed by atoms with E-state index >= 15 is 0 Å². The van der Waals surface area contributed by atoms with Crippen molar-refractivity contribution in [3.8, 4) is 5.88 Å². The smallest absolute Gasteiger partial charge is 0.260 e. The van der Waals surface area contributed by atoms with E-state index in [0.717, 1.165) is 23.1 Å². The maximum absolute atomic E-state index is 12.5. The van der Waals surface area contributed by atoms with Crippen LogP contribution in [0.4, 0.5) is 0 Å². The van der Waals surface area contributed by atoms with Crippen LogP contribution in [0, 0.1) is 0 Å². The molecule has 2 aromatic heterocycles. The summed E-state index contributed by atoms with van der Waals surface area (Å²) >= 11 is 1.73. The molecule has 4 rings (SSSR count). The molecule has 2 aromatic rings. The molecule has 0 spiro atoms. The summed E-state index contributed by atoms with van der Waals surface area (Å²) in [5.41, 5.74) is 1.31. The molecule has 1 aliphatic carbocycles. The monoisotopic (exact) mass is 388 g/mol. The first-order valence-corrected chi connectivity index (χ1v) is 10.4. The average Bonchev–Trinajstić information content (AvgIpc) is 2.88. The van der Waals surface area contributed by atoms with Gasteiger partial charge in [0.15, 0.2) is 6.61 Å². The van der Waals surface area contributed by atoms with Gasteiger partial charge in [0.25, 0.3) is 5.91 Å². The first-order chi connectivity index (χ1) is 13.1. The van der Waals surface area contributed by atoms with Crippen LogP contribution in [0.15, 0.2) is 6.33 Å². The van der Waals surface area contributed by atoms with Crippen LogP contribution < -0.4 is 4.74 Å². The Bertz CT molecular complexity index is 858. The molecule has 0 unspecified atom stereocenters. The standard InChI is InChI=1S/C19H24N4O3S/c1-13(24)22-7-9-23(10-8-22)16(25)11-26-18-17-14-5-3-2-4-6-15(14)27-19(17)21-12-20-18/h12H,2-11H2,1H3. The van der Waals surface area contributed by atoms with Crippen molar-refractivity contribution in [1.29, 1.82) is 0 Å². The maximum atomic E-state index is 12.5. The fourth-order valence-electron chi connectivity index (χ4n) is 3.84. The molecule has 7 nitrogen and oxygen atoms in total. The topological polar surface area (TPSA) is 75.6 Å². The highest BCUT2D eigenvalue weighted by molar-refractivity contribution is 7.18. The van der Waals surface area contributed by atoms with Crippen LogP contribution in [0.3, 0.4) is 0 Å². The number of thiophene rings is 1. The lowest BCUT2D eigenvalue weighted by molar-refractivity contribution is -0.139. The minimum absolute atomic E-state index is 0.0309. The molecule has 1 fully saturated rings. The zero-order valence-corrected chi connectivity index (χ0v) is 16.4.